The molecule has 2 heterocycles. The Morgan fingerprint density at radius 1 is 1.27 bits per heavy atom. The number of hydrogen-bond acceptors (Lipinski definition) is 4. The van der Waals surface area contributed by atoms with Gasteiger partial charge in [0.1, 0.15) is 0 Å². The molecule has 2 saturated heterocycles. The summed E-state index contributed by atoms with van der Waals surface area (Å²) in [4.78, 5) is 17.0. The maximum Gasteiger partial charge on any atom is 0.376 e. The zero-order valence-corrected chi connectivity index (χ0v) is 14.6. The first-order valence-electron chi connectivity index (χ1n) is 8.71. The number of carbonyl (C=O) groups is 1. The standard InChI is InChI=1S/C16H32BN3O2/c1-16(2,3)14-12-18-7-10-20(14)15(21)11-13-5-8-19(9-6-13)17(4)22/h13-14,18,22H,5-12H2,1-4H3/t14-/m1/s1. The molecule has 5 nitrogen and oxygen atoms in total. The minimum atomic E-state index is -0.366. The van der Waals surface area contributed by atoms with E-state index in [0.29, 0.717) is 18.2 Å². The average Bonchev–Trinajstić information content (AvgIpc) is 2.47. The van der Waals surface area contributed by atoms with Crippen LogP contribution >= 0.6 is 0 Å². The first kappa shape index (κ1) is 17.8. The molecule has 2 aliphatic heterocycles. The van der Waals surface area contributed by atoms with Gasteiger partial charge in [0.05, 0.1) is 0 Å². The second-order valence-corrected chi connectivity index (χ2v) is 7.99. The fraction of sp³-hybridized carbons (Fsp3) is 0.938. The first-order valence-corrected chi connectivity index (χ1v) is 8.71. The van der Waals surface area contributed by atoms with Gasteiger partial charge >= 0.3 is 7.05 Å². The van der Waals surface area contributed by atoms with Gasteiger partial charge in [-0.2, -0.15) is 0 Å². The van der Waals surface area contributed by atoms with Crippen molar-refractivity contribution in [3.63, 3.8) is 0 Å². The molecule has 1 atom stereocenters. The Bertz CT molecular complexity index is 376. The zero-order valence-electron chi connectivity index (χ0n) is 14.6. The highest BCUT2D eigenvalue weighted by molar-refractivity contribution is 6.45. The Balaban J connectivity index is 1.88. The lowest BCUT2D eigenvalue weighted by Gasteiger charge is -2.44. The van der Waals surface area contributed by atoms with E-state index in [4.69, 9.17) is 0 Å². The summed E-state index contributed by atoms with van der Waals surface area (Å²) in [6.07, 6.45) is 2.70. The monoisotopic (exact) mass is 309 g/mol. The van der Waals surface area contributed by atoms with Crippen LogP contribution in [-0.2, 0) is 4.79 Å². The molecule has 22 heavy (non-hydrogen) atoms. The summed E-state index contributed by atoms with van der Waals surface area (Å²) in [6, 6.07) is 0.284. The van der Waals surface area contributed by atoms with E-state index in [1.165, 1.54) is 0 Å². The molecular formula is C16H32BN3O2. The number of nitrogens with one attached hydrogen (secondary N) is 1. The van der Waals surface area contributed by atoms with Crippen LogP contribution in [0.15, 0.2) is 0 Å². The molecule has 0 aromatic heterocycles. The lowest BCUT2D eigenvalue weighted by molar-refractivity contribution is -0.138. The van der Waals surface area contributed by atoms with Gasteiger partial charge in [-0.05, 0) is 44.1 Å². The highest BCUT2D eigenvalue weighted by atomic mass is 16.2. The minimum Gasteiger partial charge on any atom is -0.437 e. The minimum absolute atomic E-state index is 0.110. The molecule has 0 radical (unpaired) electrons. The number of nitrogens with zero attached hydrogens (tertiary/aromatic N) is 2. The van der Waals surface area contributed by atoms with Gasteiger partial charge in [-0.3, -0.25) is 4.79 Å². The van der Waals surface area contributed by atoms with Crippen LogP contribution < -0.4 is 5.32 Å². The van der Waals surface area contributed by atoms with E-state index in [0.717, 1.165) is 45.6 Å². The second-order valence-electron chi connectivity index (χ2n) is 7.99. The van der Waals surface area contributed by atoms with Crippen LogP contribution in [0.1, 0.15) is 40.0 Å². The zero-order chi connectivity index (χ0) is 16.3. The van der Waals surface area contributed by atoms with Gasteiger partial charge in [0, 0.05) is 32.1 Å². The smallest absolute Gasteiger partial charge is 0.376 e. The molecule has 1 amide bonds. The fourth-order valence-electron chi connectivity index (χ4n) is 3.67. The van der Waals surface area contributed by atoms with Gasteiger partial charge in [-0.25, -0.2) is 0 Å². The van der Waals surface area contributed by atoms with Crippen LogP contribution in [0.5, 0.6) is 0 Å². The molecular weight excluding hydrogens is 277 g/mol. The number of hydrogen-bond donors (Lipinski definition) is 2. The Morgan fingerprint density at radius 2 is 1.91 bits per heavy atom. The summed E-state index contributed by atoms with van der Waals surface area (Å²) in [5, 5.41) is 13.0. The summed E-state index contributed by atoms with van der Waals surface area (Å²) in [6.45, 7) is 12.9. The van der Waals surface area contributed by atoms with Crippen LogP contribution in [0.25, 0.3) is 0 Å². The summed E-state index contributed by atoms with van der Waals surface area (Å²) >= 11 is 0. The third-order valence-corrected chi connectivity index (χ3v) is 5.20. The Labute approximate surface area is 135 Å². The predicted octanol–water partition coefficient (Wildman–Crippen LogP) is 1.05. The van der Waals surface area contributed by atoms with Crippen molar-refractivity contribution in [2.75, 3.05) is 32.7 Å². The average molecular weight is 309 g/mol. The molecule has 0 unspecified atom stereocenters. The third-order valence-electron chi connectivity index (χ3n) is 5.20. The SMILES string of the molecule is CB(O)N1CCC(CC(=O)N2CCNC[C@@H]2C(C)(C)C)CC1. The van der Waals surface area contributed by atoms with Gasteiger partial charge in [0.2, 0.25) is 5.91 Å². The van der Waals surface area contributed by atoms with Gasteiger partial charge in [-0.1, -0.05) is 20.8 Å². The number of piperidine rings is 1. The molecule has 0 aliphatic carbocycles. The van der Waals surface area contributed by atoms with E-state index in [1.54, 1.807) is 0 Å². The van der Waals surface area contributed by atoms with Crippen LogP contribution in [0, 0.1) is 11.3 Å². The first-order chi connectivity index (χ1) is 10.3. The quantitative estimate of drug-likeness (QED) is 0.765. The number of rotatable bonds is 3. The number of piperazine rings is 1. The number of amides is 1. The Morgan fingerprint density at radius 3 is 2.45 bits per heavy atom. The Kier molecular flexibility index (Phi) is 5.91. The highest BCUT2D eigenvalue weighted by Crippen LogP contribution is 2.28. The lowest BCUT2D eigenvalue weighted by atomic mass is 9.80. The van der Waals surface area contributed by atoms with Crippen molar-refractivity contribution in [2.45, 2.75) is 52.9 Å². The van der Waals surface area contributed by atoms with Crippen molar-refractivity contribution in [1.82, 2.24) is 15.0 Å². The summed E-state index contributed by atoms with van der Waals surface area (Å²) in [7, 11) is -0.366. The van der Waals surface area contributed by atoms with Crippen LogP contribution in [0.3, 0.4) is 0 Å². The van der Waals surface area contributed by atoms with Crippen molar-refractivity contribution in [3.8, 4) is 0 Å². The van der Waals surface area contributed by atoms with Crippen molar-refractivity contribution < 1.29 is 9.82 Å². The maximum absolute atomic E-state index is 12.8. The second kappa shape index (κ2) is 7.32. The van der Waals surface area contributed by atoms with Crippen molar-refractivity contribution in [2.24, 2.45) is 11.3 Å². The molecule has 2 fully saturated rings. The molecule has 2 rings (SSSR count). The van der Waals surface area contributed by atoms with Crippen molar-refractivity contribution in [1.29, 1.82) is 0 Å². The van der Waals surface area contributed by atoms with Gasteiger partial charge in [0.25, 0.3) is 0 Å². The topological polar surface area (TPSA) is 55.8 Å². The van der Waals surface area contributed by atoms with E-state index in [-0.39, 0.29) is 18.5 Å². The molecule has 6 heteroatoms. The van der Waals surface area contributed by atoms with E-state index in [2.05, 4.69) is 35.8 Å². The van der Waals surface area contributed by atoms with Gasteiger partial charge < -0.3 is 20.1 Å². The molecule has 0 saturated carbocycles. The number of carbonyl (C=O) groups excluding carboxylic acids is 1. The van der Waals surface area contributed by atoms with Crippen molar-refractivity contribution in [3.05, 3.63) is 0 Å². The molecule has 0 aromatic rings. The lowest BCUT2D eigenvalue weighted by Crippen LogP contribution is -2.58. The summed E-state index contributed by atoms with van der Waals surface area (Å²) < 4.78 is 0. The molecule has 126 valence electrons. The molecule has 2 aliphatic rings. The van der Waals surface area contributed by atoms with E-state index < -0.39 is 0 Å². The van der Waals surface area contributed by atoms with Crippen LogP contribution in [0.4, 0.5) is 0 Å². The Hall–Kier alpha value is -0.585. The van der Waals surface area contributed by atoms with Crippen LogP contribution in [0.2, 0.25) is 6.82 Å². The van der Waals surface area contributed by atoms with E-state index >= 15 is 0 Å². The molecule has 0 spiro atoms. The van der Waals surface area contributed by atoms with E-state index in [9.17, 15) is 9.82 Å². The molecule has 0 bridgehead atoms. The summed E-state index contributed by atoms with van der Waals surface area (Å²) in [5.74, 6) is 0.787. The normalized spacial score (nSPS) is 25.3. The van der Waals surface area contributed by atoms with Crippen molar-refractivity contribution >= 4 is 13.0 Å². The van der Waals surface area contributed by atoms with E-state index in [1.807, 2.05) is 6.82 Å². The third kappa shape index (κ3) is 4.46. The van der Waals surface area contributed by atoms with Crippen LogP contribution in [-0.4, -0.2) is 66.5 Å². The maximum atomic E-state index is 12.8. The summed E-state index contributed by atoms with van der Waals surface area (Å²) in [5.41, 5.74) is 0.110. The van der Waals surface area contributed by atoms with Gasteiger partial charge in [-0.15, -0.1) is 0 Å². The highest BCUT2D eigenvalue weighted by Gasteiger charge is 2.36. The predicted molar refractivity (Wildman–Crippen MR) is 90.6 cm³/mol. The largest absolute Gasteiger partial charge is 0.437 e. The molecule has 0 aromatic carbocycles. The van der Waals surface area contributed by atoms with Gasteiger partial charge in [0.15, 0.2) is 0 Å². The molecule has 2 N–H and O–H groups in total. The fourth-order valence-corrected chi connectivity index (χ4v) is 3.67.